The molecule has 1 aliphatic carbocycles. The molecule has 2 aromatic rings. The quantitative estimate of drug-likeness (QED) is 0.843. The van der Waals surface area contributed by atoms with E-state index in [2.05, 4.69) is 16.5 Å². The van der Waals surface area contributed by atoms with Gasteiger partial charge < -0.3 is 18.9 Å². The van der Waals surface area contributed by atoms with Gasteiger partial charge in [-0.3, -0.25) is 4.79 Å². The molecule has 0 radical (unpaired) electrons. The normalized spacial score (nSPS) is 19.0. The van der Waals surface area contributed by atoms with Crippen molar-refractivity contribution in [3.8, 4) is 5.88 Å². The number of nitrogens with zero attached hydrogens (tertiary/aromatic N) is 3. The zero-order valence-electron chi connectivity index (χ0n) is 15.4. The number of aromatic nitrogens is 2. The second-order valence-corrected chi connectivity index (χ2v) is 7.12. The van der Waals surface area contributed by atoms with Crippen molar-refractivity contribution < 1.29 is 14.3 Å². The number of amides is 1. The summed E-state index contributed by atoms with van der Waals surface area (Å²) in [5, 5.41) is 0.941. The van der Waals surface area contributed by atoms with Gasteiger partial charge in [0.2, 0.25) is 5.88 Å². The van der Waals surface area contributed by atoms with Crippen LogP contribution in [0.4, 0.5) is 0 Å². The lowest BCUT2D eigenvalue weighted by Crippen LogP contribution is -2.40. The first-order valence-electron chi connectivity index (χ1n) is 9.79. The van der Waals surface area contributed by atoms with Crippen molar-refractivity contribution in [3.63, 3.8) is 0 Å². The number of aryl methyl sites for hydroxylation is 1. The van der Waals surface area contributed by atoms with Gasteiger partial charge in [-0.15, -0.1) is 0 Å². The lowest BCUT2D eigenvalue weighted by molar-refractivity contribution is 0.0303. The molecule has 26 heavy (non-hydrogen) atoms. The summed E-state index contributed by atoms with van der Waals surface area (Å²) in [7, 11) is 0. The third kappa shape index (κ3) is 3.30. The van der Waals surface area contributed by atoms with E-state index in [4.69, 9.17) is 9.47 Å². The third-order valence-corrected chi connectivity index (χ3v) is 5.46. The molecule has 1 aliphatic heterocycles. The lowest BCUT2D eigenvalue weighted by Gasteiger charge is -2.27. The van der Waals surface area contributed by atoms with Gasteiger partial charge in [0.1, 0.15) is 6.10 Å². The van der Waals surface area contributed by atoms with Crippen LogP contribution in [-0.4, -0.2) is 52.8 Å². The van der Waals surface area contributed by atoms with Gasteiger partial charge in [-0.25, -0.2) is 4.98 Å². The molecule has 2 aromatic heterocycles. The summed E-state index contributed by atoms with van der Waals surface area (Å²) < 4.78 is 13.7. The van der Waals surface area contributed by atoms with Crippen LogP contribution in [0, 0.1) is 0 Å². The smallest absolute Gasteiger partial charge is 0.257 e. The van der Waals surface area contributed by atoms with Gasteiger partial charge in [-0.2, -0.15) is 0 Å². The maximum atomic E-state index is 13.1. The molecule has 1 saturated carbocycles. The highest BCUT2D eigenvalue weighted by Gasteiger charge is 2.25. The van der Waals surface area contributed by atoms with Gasteiger partial charge in [-0.1, -0.05) is 6.42 Å². The van der Waals surface area contributed by atoms with Crippen LogP contribution < -0.4 is 4.74 Å². The maximum absolute atomic E-state index is 13.1. The van der Waals surface area contributed by atoms with Crippen molar-refractivity contribution in [2.45, 2.75) is 51.7 Å². The Balaban J connectivity index is 1.68. The minimum Gasteiger partial charge on any atom is -0.474 e. The molecule has 3 heterocycles. The largest absolute Gasteiger partial charge is 0.474 e. The summed E-state index contributed by atoms with van der Waals surface area (Å²) in [5.74, 6) is 0.695. The molecule has 6 nitrogen and oxygen atoms in total. The minimum atomic E-state index is 0.0309. The SMILES string of the molecule is CCn1ccc2c(OC3CCCCC3)ncc(C(=O)N3CCOCC3)c21. The van der Waals surface area contributed by atoms with Crippen molar-refractivity contribution in [1.82, 2.24) is 14.5 Å². The summed E-state index contributed by atoms with van der Waals surface area (Å²) in [6, 6.07) is 2.03. The molecule has 0 N–H and O–H groups in total. The van der Waals surface area contributed by atoms with Gasteiger partial charge in [0.15, 0.2) is 0 Å². The molecule has 1 saturated heterocycles. The van der Waals surface area contributed by atoms with E-state index in [0.717, 1.165) is 30.3 Å². The average Bonchev–Trinajstić information content (AvgIpc) is 3.14. The van der Waals surface area contributed by atoms with Gasteiger partial charge in [0, 0.05) is 32.0 Å². The zero-order valence-corrected chi connectivity index (χ0v) is 15.4. The van der Waals surface area contributed by atoms with Crippen LogP contribution in [0.1, 0.15) is 49.4 Å². The highest BCUT2D eigenvalue weighted by Crippen LogP contribution is 2.31. The van der Waals surface area contributed by atoms with Gasteiger partial charge >= 0.3 is 0 Å². The van der Waals surface area contributed by atoms with Crippen LogP contribution >= 0.6 is 0 Å². The minimum absolute atomic E-state index is 0.0309. The van der Waals surface area contributed by atoms with E-state index in [1.165, 1.54) is 19.3 Å². The fraction of sp³-hybridized carbons (Fsp3) is 0.600. The Morgan fingerprint density at radius 3 is 2.77 bits per heavy atom. The number of carbonyl (C=O) groups is 1. The molecule has 0 unspecified atom stereocenters. The van der Waals surface area contributed by atoms with Crippen molar-refractivity contribution in [1.29, 1.82) is 0 Å². The van der Waals surface area contributed by atoms with Crippen molar-refractivity contribution >= 4 is 16.8 Å². The summed E-state index contributed by atoms with van der Waals surface area (Å²) >= 11 is 0. The molecular formula is C20H27N3O3. The highest BCUT2D eigenvalue weighted by molar-refractivity contribution is 6.06. The van der Waals surface area contributed by atoms with Crippen LogP contribution in [0.25, 0.3) is 10.9 Å². The van der Waals surface area contributed by atoms with Crippen molar-refractivity contribution in [3.05, 3.63) is 24.0 Å². The standard InChI is InChI=1S/C20H27N3O3/c1-2-22-9-8-16-18(22)17(20(24)23-10-12-25-13-11-23)14-21-19(16)26-15-6-4-3-5-7-15/h8-9,14-15H,2-7,10-13H2,1H3. The molecular weight excluding hydrogens is 330 g/mol. The topological polar surface area (TPSA) is 56.6 Å². The van der Waals surface area contributed by atoms with Crippen LogP contribution in [-0.2, 0) is 11.3 Å². The van der Waals surface area contributed by atoms with Gasteiger partial charge in [0.25, 0.3) is 5.91 Å². The van der Waals surface area contributed by atoms with E-state index in [0.29, 0.717) is 37.7 Å². The number of hydrogen-bond donors (Lipinski definition) is 0. The van der Waals surface area contributed by atoms with Crippen LogP contribution in [0.15, 0.2) is 18.5 Å². The lowest BCUT2D eigenvalue weighted by atomic mass is 9.98. The zero-order chi connectivity index (χ0) is 17.9. The predicted octanol–water partition coefficient (Wildman–Crippen LogP) is 3.24. The molecule has 1 amide bonds. The van der Waals surface area contributed by atoms with E-state index >= 15 is 0 Å². The molecule has 140 valence electrons. The fourth-order valence-electron chi connectivity index (χ4n) is 3.99. The number of ether oxygens (including phenoxy) is 2. The maximum Gasteiger partial charge on any atom is 0.257 e. The molecule has 0 aromatic carbocycles. The fourth-order valence-corrected chi connectivity index (χ4v) is 3.99. The Bertz CT molecular complexity index is 774. The van der Waals surface area contributed by atoms with E-state index in [1.807, 2.05) is 17.2 Å². The van der Waals surface area contributed by atoms with E-state index in [1.54, 1.807) is 6.20 Å². The molecule has 4 rings (SSSR count). The Morgan fingerprint density at radius 1 is 1.27 bits per heavy atom. The van der Waals surface area contributed by atoms with Gasteiger partial charge in [-0.05, 0) is 38.7 Å². The Kier molecular flexibility index (Phi) is 5.11. The number of pyridine rings is 1. The first kappa shape index (κ1) is 17.3. The number of carbonyl (C=O) groups excluding carboxylic acids is 1. The summed E-state index contributed by atoms with van der Waals surface area (Å²) in [4.78, 5) is 19.5. The third-order valence-electron chi connectivity index (χ3n) is 5.46. The van der Waals surface area contributed by atoms with E-state index in [-0.39, 0.29) is 12.0 Å². The van der Waals surface area contributed by atoms with Crippen molar-refractivity contribution in [2.75, 3.05) is 26.3 Å². The first-order valence-corrected chi connectivity index (χ1v) is 9.79. The molecule has 0 bridgehead atoms. The van der Waals surface area contributed by atoms with Crippen LogP contribution in [0.2, 0.25) is 0 Å². The Morgan fingerprint density at radius 2 is 2.04 bits per heavy atom. The van der Waals surface area contributed by atoms with Crippen molar-refractivity contribution in [2.24, 2.45) is 0 Å². The van der Waals surface area contributed by atoms with Crippen LogP contribution in [0.5, 0.6) is 5.88 Å². The molecule has 2 fully saturated rings. The predicted molar refractivity (Wildman–Crippen MR) is 99.6 cm³/mol. The molecule has 6 heteroatoms. The molecule has 0 atom stereocenters. The first-order chi connectivity index (χ1) is 12.8. The number of hydrogen-bond acceptors (Lipinski definition) is 4. The monoisotopic (exact) mass is 357 g/mol. The Hall–Kier alpha value is -2.08. The van der Waals surface area contributed by atoms with E-state index < -0.39 is 0 Å². The molecule has 2 aliphatic rings. The molecule has 0 spiro atoms. The summed E-state index contributed by atoms with van der Waals surface area (Å²) in [6.07, 6.45) is 9.88. The second-order valence-electron chi connectivity index (χ2n) is 7.12. The van der Waals surface area contributed by atoms with Gasteiger partial charge in [0.05, 0.1) is 29.7 Å². The Labute approximate surface area is 154 Å². The highest BCUT2D eigenvalue weighted by atomic mass is 16.5. The average molecular weight is 357 g/mol. The van der Waals surface area contributed by atoms with Crippen LogP contribution in [0.3, 0.4) is 0 Å². The summed E-state index contributed by atoms with van der Waals surface area (Å²) in [6.45, 7) is 5.35. The number of rotatable bonds is 4. The second kappa shape index (κ2) is 7.66. The summed E-state index contributed by atoms with van der Waals surface area (Å²) in [5.41, 5.74) is 1.59. The number of morpholine rings is 1. The number of fused-ring (bicyclic) bond motifs is 1. The van der Waals surface area contributed by atoms with E-state index in [9.17, 15) is 4.79 Å².